The second-order valence-corrected chi connectivity index (χ2v) is 10.7. The van der Waals surface area contributed by atoms with Crippen LogP contribution in [-0.4, -0.2) is 48.1 Å². The Balaban J connectivity index is 1.73. The van der Waals surface area contributed by atoms with Crippen molar-refractivity contribution >= 4 is 40.8 Å². The number of nitrogens with one attached hydrogen (secondary N) is 3. The monoisotopic (exact) mass is 557 g/mol. The Morgan fingerprint density at radius 2 is 1.83 bits per heavy atom. The summed E-state index contributed by atoms with van der Waals surface area (Å²) in [5.41, 5.74) is 5.44. The number of carbonyl (C=O) groups excluding carboxylic acids is 3. The van der Waals surface area contributed by atoms with Crippen molar-refractivity contribution in [2.75, 3.05) is 24.4 Å². The predicted molar refractivity (Wildman–Crippen MR) is 159 cm³/mol. The van der Waals surface area contributed by atoms with Crippen LogP contribution in [0.3, 0.4) is 0 Å². The Kier molecular flexibility index (Phi) is 8.32. The van der Waals surface area contributed by atoms with Gasteiger partial charge in [0.15, 0.2) is 5.75 Å². The van der Waals surface area contributed by atoms with Crippen LogP contribution in [0, 0.1) is 13.8 Å². The minimum absolute atomic E-state index is 0.135. The molecule has 10 heteroatoms. The number of aromatic nitrogens is 2. The number of anilines is 2. The van der Waals surface area contributed by atoms with Crippen molar-refractivity contribution in [3.63, 3.8) is 0 Å². The standard InChI is InChI=1S/C31H35N5O5/c1-18-11-14-24(19(2)15-18)36(6)29(38)22-13-12-21(28(40-7)27(22)33-17-37)20-9-8-10-23-26(20)35-25(34-23)16-32-30(39)41-31(3,4)5/h8-15,17H,16H2,1-7H3,(H,32,39)(H,33,37)(H,34,35). The fraction of sp³-hybridized carbons (Fsp3) is 0.290. The number of aromatic amines is 1. The summed E-state index contributed by atoms with van der Waals surface area (Å²) in [5, 5.41) is 5.38. The van der Waals surface area contributed by atoms with Crippen molar-refractivity contribution in [1.29, 1.82) is 0 Å². The lowest BCUT2D eigenvalue weighted by molar-refractivity contribution is -0.105. The van der Waals surface area contributed by atoms with Gasteiger partial charge >= 0.3 is 6.09 Å². The van der Waals surface area contributed by atoms with E-state index >= 15 is 0 Å². The number of imidazole rings is 1. The third-order valence-electron chi connectivity index (χ3n) is 6.46. The molecule has 0 unspecified atom stereocenters. The first-order chi connectivity index (χ1) is 19.4. The summed E-state index contributed by atoms with van der Waals surface area (Å²) >= 11 is 0. The number of nitrogens with zero attached hydrogens (tertiary/aromatic N) is 2. The smallest absolute Gasteiger partial charge is 0.408 e. The highest BCUT2D eigenvalue weighted by atomic mass is 16.6. The second-order valence-electron chi connectivity index (χ2n) is 10.7. The Morgan fingerprint density at radius 3 is 2.49 bits per heavy atom. The number of hydrogen-bond acceptors (Lipinski definition) is 6. The maximum Gasteiger partial charge on any atom is 0.408 e. The maximum absolute atomic E-state index is 13.7. The number of carbonyl (C=O) groups is 3. The third kappa shape index (κ3) is 6.32. The molecule has 0 aliphatic heterocycles. The lowest BCUT2D eigenvalue weighted by Crippen LogP contribution is -2.32. The SMILES string of the molecule is COc1c(-c2cccc3[nH]c(CNC(=O)OC(C)(C)C)nc23)ccc(C(=O)N(C)c2ccc(C)cc2C)c1NC=O. The van der Waals surface area contributed by atoms with Crippen molar-refractivity contribution in [3.05, 3.63) is 71.0 Å². The van der Waals surface area contributed by atoms with Crippen LogP contribution in [0.2, 0.25) is 0 Å². The predicted octanol–water partition coefficient (Wildman–Crippen LogP) is 5.72. The molecule has 41 heavy (non-hydrogen) atoms. The van der Waals surface area contributed by atoms with E-state index in [1.54, 1.807) is 44.9 Å². The fourth-order valence-electron chi connectivity index (χ4n) is 4.71. The highest BCUT2D eigenvalue weighted by molar-refractivity contribution is 6.12. The molecule has 0 saturated heterocycles. The fourth-order valence-corrected chi connectivity index (χ4v) is 4.71. The lowest BCUT2D eigenvalue weighted by atomic mass is 9.98. The zero-order chi connectivity index (χ0) is 29.9. The number of aryl methyl sites for hydroxylation is 2. The number of hydrogen-bond donors (Lipinski definition) is 3. The molecule has 3 N–H and O–H groups in total. The van der Waals surface area contributed by atoms with E-state index < -0.39 is 11.7 Å². The molecule has 0 radical (unpaired) electrons. The van der Waals surface area contributed by atoms with Gasteiger partial charge in [-0.2, -0.15) is 0 Å². The molecule has 0 fully saturated rings. The van der Waals surface area contributed by atoms with Crippen molar-refractivity contribution in [2.24, 2.45) is 0 Å². The third-order valence-corrected chi connectivity index (χ3v) is 6.46. The molecule has 0 aliphatic carbocycles. The number of ether oxygens (including phenoxy) is 2. The minimum atomic E-state index is -0.615. The molecular weight excluding hydrogens is 522 g/mol. The van der Waals surface area contributed by atoms with Gasteiger partial charge in [0.1, 0.15) is 11.4 Å². The van der Waals surface area contributed by atoms with Crippen LogP contribution < -0.4 is 20.3 Å². The van der Waals surface area contributed by atoms with Gasteiger partial charge in [0, 0.05) is 23.9 Å². The first-order valence-corrected chi connectivity index (χ1v) is 13.1. The van der Waals surface area contributed by atoms with Crippen LogP contribution in [0.1, 0.15) is 48.1 Å². The molecule has 0 bridgehead atoms. The molecule has 4 rings (SSSR count). The van der Waals surface area contributed by atoms with Gasteiger partial charge < -0.3 is 30.0 Å². The Labute approximate surface area is 239 Å². The number of rotatable bonds is 8. The topological polar surface area (TPSA) is 126 Å². The molecule has 0 spiro atoms. The normalized spacial score (nSPS) is 11.2. The van der Waals surface area contributed by atoms with Crippen LogP contribution in [0.5, 0.6) is 5.75 Å². The van der Waals surface area contributed by atoms with Crippen molar-refractivity contribution in [2.45, 2.75) is 46.8 Å². The zero-order valence-corrected chi connectivity index (χ0v) is 24.3. The number of benzene rings is 3. The van der Waals surface area contributed by atoms with E-state index in [4.69, 9.17) is 14.5 Å². The molecule has 3 aromatic carbocycles. The number of amides is 3. The molecule has 0 aliphatic rings. The lowest BCUT2D eigenvalue weighted by Gasteiger charge is -2.23. The molecule has 1 heterocycles. The summed E-state index contributed by atoms with van der Waals surface area (Å²) in [4.78, 5) is 46.9. The van der Waals surface area contributed by atoms with Gasteiger partial charge in [0.05, 0.1) is 35.9 Å². The van der Waals surface area contributed by atoms with E-state index in [0.29, 0.717) is 29.1 Å². The van der Waals surface area contributed by atoms with Crippen LogP contribution in [0.4, 0.5) is 16.2 Å². The molecule has 1 aromatic heterocycles. The van der Waals surface area contributed by atoms with Gasteiger partial charge in [0.25, 0.3) is 5.91 Å². The first kappa shape index (κ1) is 29.1. The van der Waals surface area contributed by atoms with E-state index in [-0.39, 0.29) is 23.7 Å². The Hall–Kier alpha value is -4.86. The van der Waals surface area contributed by atoms with E-state index in [9.17, 15) is 14.4 Å². The summed E-state index contributed by atoms with van der Waals surface area (Å²) in [6, 6.07) is 14.9. The van der Waals surface area contributed by atoms with Gasteiger partial charge in [-0.05, 0) is 64.4 Å². The number of methoxy groups -OCH3 is 1. The van der Waals surface area contributed by atoms with E-state index in [1.807, 2.05) is 50.2 Å². The van der Waals surface area contributed by atoms with Gasteiger partial charge in [-0.15, -0.1) is 0 Å². The van der Waals surface area contributed by atoms with Crippen molar-refractivity contribution in [1.82, 2.24) is 15.3 Å². The van der Waals surface area contributed by atoms with Crippen LogP contribution in [0.25, 0.3) is 22.2 Å². The highest BCUT2D eigenvalue weighted by Gasteiger charge is 2.25. The quantitative estimate of drug-likeness (QED) is 0.238. The molecule has 0 saturated carbocycles. The van der Waals surface area contributed by atoms with Crippen LogP contribution in [-0.2, 0) is 16.1 Å². The van der Waals surface area contributed by atoms with Crippen LogP contribution in [0.15, 0.2) is 48.5 Å². The zero-order valence-electron chi connectivity index (χ0n) is 24.3. The average molecular weight is 558 g/mol. The van der Waals surface area contributed by atoms with E-state index in [2.05, 4.69) is 15.6 Å². The molecule has 0 atom stereocenters. The summed E-state index contributed by atoms with van der Waals surface area (Å²) < 4.78 is 11.1. The summed E-state index contributed by atoms with van der Waals surface area (Å²) in [5.74, 6) is 0.547. The largest absolute Gasteiger partial charge is 0.494 e. The van der Waals surface area contributed by atoms with Gasteiger partial charge in [-0.25, -0.2) is 9.78 Å². The number of H-pyrrole nitrogens is 1. The minimum Gasteiger partial charge on any atom is -0.494 e. The summed E-state index contributed by atoms with van der Waals surface area (Å²) in [6.45, 7) is 9.46. The van der Waals surface area contributed by atoms with E-state index in [1.165, 1.54) is 7.11 Å². The van der Waals surface area contributed by atoms with Gasteiger partial charge in [-0.1, -0.05) is 29.8 Å². The number of alkyl carbamates (subject to hydrolysis) is 1. The van der Waals surface area contributed by atoms with Gasteiger partial charge in [0.2, 0.25) is 6.41 Å². The second kappa shape index (κ2) is 11.7. The van der Waals surface area contributed by atoms with Crippen molar-refractivity contribution < 1.29 is 23.9 Å². The molecular formula is C31H35N5O5. The highest BCUT2D eigenvalue weighted by Crippen LogP contribution is 2.41. The average Bonchev–Trinajstić information content (AvgIpc) is 3.33. The van der Waals surface area contributed by atoms with E-state index in [0.717, 1.165) is 27.9 Å². The first-order valence-electron chi connectivity index (χ1n) is 13.1. The number of para-hydroxylation sites is 1. The summed E-state index contributed by atoms with van der Waals surface area (Å²) in [7, 11) is 3.18. The molecule has 4 aromatic rings. The molecule has 214 valence electrons. The Bertz CT molecular complexity index is 1620. The molecule has 3 amide bonds. The summed E-state index contributed by atoms with van der Waals surface area (Å²) in [6.07, 6.45) is -0.0269. The maximum atomic E-state index is 13.7. The molecule has 10 nitrogen and oxygen atoms in total. The Morgan fingerprint density at radius 1 is 1.07 bits per heavy atom. The number of fused-ring (bicyclic) bond motifs is 1. The van der Waals surface area contributed by atoms with Gasteiger partial charge in [-0.3, -0.25) is 9.59 Å². The van der Waals surface area contributed by atoms with Crippen LogP contribution >= 0.6 is 0 Å². The van der Waals surface area contributed by atoms with Crippen molar-refractivity contribution in [3.8, 4) is 16.9 Å².